The Kier molecular flexibility index (Phi) is 3.58. The summed E-state index contributed by atoms with van der Waals surface area (Å²) in [6.07, 6.45) is 2.27. The lowest BCUT2D eigenvalue weighted by atomic mass is 9.93. The van der Waals surface area contributed by atoms with E-state index >= 15 is 0 Å². The average molecular weight is 236 g/mol. The number of carbonyl (C=O) groups is 2. The minimum atomic E-state index is -0.113. The zero-order valence-corrected chi connectivity index (χ0v) is 9.81. The summed E-state index contributed by atoms with van der Waals surface area (Å²) in [5, 5.41) is 2.93. The minimum Gasteiger partial charge on any atom is -0.469 e. The number of rotatable bonds is 4. The van der Waals surface area contributed by atoms with Crippen molar-refractivity contribution in [1.29, 1.82) is 0 Å². The minimum absolute atomic E-state index is 0.101. The van der Waals surface area contributed by atoms with Crippen LogP contribution < -0.4 is 5.32 Å². The Labute approximate surface area is 99.8 Å². The van der Waals surface area contributed by atoms with Gasteiger partial charge in [0.2, 0.25) is 11.8 Å². The number of carbonyl (C=O) groups excluding carboxylic acids is 2. The molecule has 1 saturated heterocycles. The molecular weight excluding hydrogens is 220 g/mol. The van der Waals surface area contributed by atoms with E-state index in [1.165, 1.54) is 4.90 Å². The van der Waals surface area contributed by atoms with Crippen LogP contribution in [0.1, 0.15) is 24.5 Å². The van der Waals surface area contributed by atoms with Crippen LogP contribution in [0, 0.1) is 0 Å². The molecule has 92 valence electrons. The highest BCUT2D eigenvalue weighted by Gasteiger charge is 2.33. The number of likely N-dealkylation sites (N-methyl/N-ethyl adjacent to an activating group) is 1. The molecule has 2 heterocycles. The molecule has 5 nitrogen and oxygen atoms in total. The lowest BCUT2D eigenvalue weighted by molar-refractivity contribution is -0.148. The second-order valence-electron chi connectivity index (χ2n) is 4.16. The maximum Gasteiger partial charge on any atom is 0.229 e. The van der Waals surface area contributed by atoms with Crippen molar-refractivity contribution in [2.24, 2.45) is 0 Å². The summed E-state index contributed by atoms with van der Waals surface area (Å²) in [5.74, 6) is 0.395. The van der Waals surface area contributed by atoms with Gasteiger partial charge in [0, 0.05) is 31.8 Å². The first-order valence-electron chi connectivity index (χ1n) is 5.73. The van der Waals surface area contributed by atoms with Crippen LogP contribution >= 0.6 is 0 Å². The number of imide groups is 1. The molecule has 0 bridgehead atoms. The van der Waals surface area contributed by atoms with Crippen molar-refractivity contribution >= 4 is 11.8 Å². The summed E-state index contributed by atoms with van der Waals surface area (Å²) in [6.45, 7) is 1.07. The number of furan rings is 1. The molecule has 2 amide bonds. The van der Waals surface area contributed by atoms with Gasteiger partial charge in [0.15, 0.2) is 0 Å². The van der Waals surface area contributed by atoms with Gasteiger partial charge in [-0.15, -0.1) is 0 Å². The Morgan fingerprint density at radius 1 is 1.41 bits per heavy atom. The zero-order chi connectivity index (χ0) is 12.3. The zero-order valence-electron chi connectivity index (χ0n) is 9.81. The molecule has 0 saturated carbocycles. The highest BCUT2D eigenvalue weighted by Crippen LogP contribution is 2.29. The van der Waals surface area contributed by atoms with Crippen molar-refractivity contribution in [2.45, 2.75) is 18.8 Å². The molecule has 5 heteroatoms. The molecule has 0 radical (unpaired) electrons. The average Bonchev–Trinajstić information content (AvgIpc) is 2.81. The molecule has 1 aliphatic heterocycles. The van der Waals surface area contributed by atoms with Gasteiger partial charge in [0.25, 0.3) is 0 Å². The number of likely N-dealkylation sites (tertiary alicyclic amines) is 1. The Bertz CT molecular complexity index is 382. The Hall–Kier alpha value is -1.62. The van der Waals surface area contributed by atoms with E-state index in [0.29, 0.717) is 25.9 Å². The third-order valence-electron chi connectivity index (χ3n) is 2.98. The van der Waals surface area contributed by atoms with Gasteiger partial charge in [0.1, 0.15) is 5.76 Å². The Morgan fingerprint density at radius 2 is 2.12 bits per heavy atom. The molecule has 1 aromatic heterocycles. The molecule has 17 heavy (non-hydrogen) atoms. The summed E-state index contributed by atoms with van der Waals surface area (Å²) in [5.41, 5.74) is 0. The van der Waals surface area contributed by atoms with Gasteiger partial charge < -0.3 is 9.73 Å². The van der Waals surface area contributed by atoms with Crippen LogP contribution in [-0.2, 0) is 9.59 Å². The molecule has 0 atom stereocenters. The molecule has 1 aliphatic rings. The molecule has 2 rings (SSSR count). The van der Waals surface area contributed by atoms with Crippen LogP contribution in [0.3, 0.4) is 0 Å². The normalized spacial score (nSPS) is 17.8. The van der Waals surface area contributed by atoms with Crippen LogP contribution in [0.2, 0.25) is 0 Å². The predicted octanol–water partition coefficient (Wildman–Crippen LogP) is 0.732. The largest absolute Gasteiger partial charge is 0.469 e. The van der Waals surface area contributed by atoms with Crippen LogP contribution in [0.15, 0.2) is 22.8 Å². The molecule has 0 spiro atoms. The van der Waals surface area contributed by atoms with Gasteiger partial charge >= 0.3 is 0 Å². The Balaban J connectivity index is 2.02. The van der Waals surface area contributed by atoms with Crippen molar-refractivity contribution in [1.82, 2.24) is 10.2 Å². The van der Waals surface area contributed by atoms with Crippen LogP contribution in [-0.4, -0.2) is 36.9 Å². The van der Waals surface area contributed by atoms with Crippen molar-refractivity contribution in [3.63, 3.8) is 0 Å². The van der Waals surface area contributed by atoms with Gasteiger partial charge in [-0.2, -0.15) is 0 Å². The van der Waals surface area contributed by atoms with Gasteiger partial charge in [-0.3, -0.25) is 14.5 Å². The first kappa shape index (κ1) is 11.9. The number of hydrogen-bond donors (Lipinski definition) is 1. The maximum absolute atomic E-state index is 11.9. The summed E-state index contributed by atoms with van der Waals surface area (Å²) in [6, 6.07) is 3.59. The van der Waals surface area contributed by atoms with Gasteiger partial charge in [-0.1, -0.05) is 0 Å². The molecule has 1 fully saturated rings. The topological polar surface area (TPSA) is 62.6 Å². The number of nitrogens with zero attached hydrogens (tertiary/aromatic N) is 1. The summed E-state index contributed by atoms with van der Waals surface area (Å²) >= 11 is 0. The van der Waals surface area contributed by atoms with Crippen molar-refractivity contribution in [3.05, 3.63) is 24.2 Å². The highest BCUT2D eigenvalue weighted by atomic mass is 16.3. The fourth-order valence-corrected chi connectivity index (χ4v) is 2.05. The van der Waals surface area contributed by atoms with Crippen molar-refractivity contribution in [2.75, 3.05) is 20.1 Å². The van der Waals surface area contributed by atoms with Gasteiger partial charge in [0.05, 0.1) is 6.26 Å². The highest BCUT2D eigenvalue weighted by molar-refractivity contribution is 5.98. The standard InChI is InChI=1S/C12H16N2O3/c1-13-4-5-14-11(15)7-9(8-12(14)16)10-3-2-6-17-10/h2-3,6,9,13H,4-5,7-8H2,1H3. The quantitative estimate of drug-likeness (QED) is 0.783. The van der Waals surface area contributed by atoms with E-state index in [4.69, 9.17) is 4.42 Å². The maximum atomic E-state index is 11.9. The fourth-order valence-electron chi connectivity index (χ4n) is 2.05. The van der Waals surface area contributed by atoms with Crippen molar-refractivity contribution in [3.8, 4) is 0 Å². The lowest BCUT2D eigenvalue weighted by Crippen LogP contribution is -2.45. The van der Waals surface area contributed by atoms with Crippen LogP contribution in [0.25, 0.3) is 0 Å². The second kappa shape index (κ2) is 5.14. The number of nitrogens with one attached hydrogen (secondary N) is 1. The monoisotopic (exact) mass is 236 g/mol. The van der Waals surface area contributed by atoms with E-state index < -0.39 is 0 Å². The third kappa shape index (κ3) is 2.55. The van der Waals surface area contributed by atoms with E-state index in [0.717, 1.165) is 5.76 Å². The first-order chi connectivity index (χ1) is 8.22. The molecular formula is C12H16N2O3. The summed E-state index contributed by atoms with van der Waals surface area (Å²) in [4.78, 5) is 25.0. The smallest absolute Gasteiger partial charge is 0.229 e. The third-order valence-corrected chi connectivity index (χ3v) is 2.98. The molecule has 0 aliphatic carbocycles. The molecule has 0 unspecified atom stereocenters. The van der Waals surface area contributed by atoms with Gasteiger partial charge in [-0.25, -0.2) is 0 Å². The van der Waals surface area contributed by atoms with Crippen LogP contribution in [0.5, 0.6) is 0 Å². The van der Waals surface area contributed by atoms with E-state index in [2.05, 4.69) is 5.32 Å². The van der Waals surface area contributed by atoms with Crippen molar-refractivity contribution < 1.29 is 14.0 Å². The second-order valence-corrected chi connectivity index (χ2v) is 4.16. The van der Waals surface area contributed by atoms with E-state index in [1.807, 2.05) is 6.07 Å². The number of piperidine rings is 1. The number of amides is 2. The van der Waals surface area contributed by atoms with E-state index in [1.54, 1.807) is 19.4 Å². The van der Waals surface area contributed by atoms with E-state index in [9.17, 15) is 9.59 Å². The van der Waals surface area contributed by atoms with Crippen LogP contribution in [0.4, 0.5) is 0 Å². The van der Waals surface area contributed by atoms with Gasteiger partial charge in [-0.05, 0) is 19.2 Å². The SMILES string of the molecule is CNCCN1C(=O)CC(c2ccco2)CC1=O. The lowest BCUT2D eigenvalue weighted by Gasteiger charge is -2.29. The first-order valence-corrected chi connectivity index (χ1v) is 5.73. The summed E-state index contributed by atoms with van der Waals surface area (Å²) < 4.78 is 5.25. The fraction of sp³-hybridized carbons (Fsp3) is 0.500. The van der Waals surface area contributed by atoms with E-state index in [-0.39, 0.29) is 17.7 Å². The Morgan fingerprint density at radius 3 is 2.65 bits per heavy atom. The summed E-state index contributed by atoms with van der Waals surface area (Å²) in [7, 11) is 1.80. The molecule has 0 aromatic carbocycles. The predicted molar refractivity (Wildman–Crippen MR) is 61.3 cm³/mol. The molecule has 1 N–H and O–H groups in total. The molecule has 1 aromatic rings. The number of hydrogen-bond acceptors (Lipinski definition) is 4.